The zero-order valence-corrected chi connectivity index (χ0v) is 21.7. The first-order chi connectivity index (χ1) is 18.4. The van der Waals surface area contributed by atoms with Gasteiger partial charge in [-0.15, -0.1) is 0 Å². The Kier molecular flexibility index (Phi) is 6.21. The van der Waals surface area contributed by atoms with Crippen LogP contribution in [0.25, 0.3) is 11.1 Å². The number of primary amides is 1. The molecule has 202 valence electrons. The number of aromatic hydroxyl groups is 1. The lowest BCUT2D eigenvalue weighted by molar-refractivity contribution is -0.126. The lowest BCUT2D eigenvalue weighted by Gasteiger charge is -2.41. The van der Waals surface area contributed by atoms with E-state index >= 15 is 0 Å². The highest BCUT2D eigenvalue weighted by molar-refractivity contribution is 6.22. The topological polar surface area (TPSA) is 170 Å². The molecule has 2 aromatic rings. The van der Waals surface area contributed by atoms with Crippen molar-refractivity contribution in [3.8, 4) is 16.9 Å². The van der Waals surface area contributed by atoms with E-state index in [0.717, 1.165) is 0 Å². The second kappa shape index (κ2) is 9.30. The average Bonchev–Trinajstić information content (AvgIpc) is 2.82. The predicted octanol–water partition coefficient (Wildman–Crippen LogP) is 3.16. The Hall–Kier alpha value is -4.60. The molecular formula is C29H29N3O7. The minimum Gasteiger partial charge on any atom is -0.511 e. The van der Waals surface area contributed by atoms with Gasteiger partial charge in [-0.05, 0) is 54.0 Å². The van der Waals surface area contributed by atoms with Crippen LogP contribution in [0.1, 0.15) is 35.7 Å². The van der Waals surface area contributed by atoms with Crippen molar-refractivity contribution in [1.29, 1.82) is 0 Å². The summed E-state index contributed by atoms with van der Waals surface area (Å²) >= 11 is 0. The predicted molar refractivity (Wildman–Crippen MR) is 143 cm³/mol. The van der Waals surface area contributed by atoms with Crippen molar-refractivity contribution >= 4 is 34.8 Å². The normalized spacial score (nSPS) is 22.2. The number of amides is 2. The number of nitrogens with one attached hydrogen (secondary N) is 1. The highest BCUT2D eigenvalue weighted by Gasteiger charge is 2.50. The summed E-state index contributed by atoms with van der Waals surface area (Å²) in [6.45, 7) is 1.39. The summed E-state index contributed by atoms with van der Waals surface area (Å²) in [6.07, 6.45) is 0.627. The number of phenols is 1. The number of carbonyl (C=O) groups excluding carboxylic acids is 4. The van der Waals surface area contributed by atoms with E-state index in [-0.39, 0.29) is 29.2 Å². The Labute approximate surface area is 224 Å². The van der Waals surface area contributed by atoms with Crippen LogP contribution in [0.4, 0.5) is 11.4 Å². The summed E-state index contributed by atoms with van der Waals surface area (Å²) in [4.78, 5) is 52.3. The molecule has 0 bridgehead atoms. The number of aliphatic hydroxyl groups is 2. The smallest absolute Gasteiger partial charge is 0.255 e. The summed E-state index contributed by atoms with van der Waals surface area (Å²) in [5, 5.41) is 35.8. The Morgan fingerprint density at radius 1 is 1.08 bits per heavy atom. The third-order valence-corrected chi connectivity index (χ3v) is 7.84. The first kappa shape index (κ1) is 26.0. The molecule has 10 nitrogen and oxygen atoms in total. The number of hydrogen-bond donors (Lipinski definition) is 5. The van der Waals surface area contributed by atoms with Crippen LogP contribution in [0.2, 0.25) is 0 Å². The van der Waals surface area contributed by atoms with Crippen molar-refractivity contribution in [3.63, 3.8) is 0 Å². The molecule has 2 amide bonds. The molecule has 0 saturated heterocycles. The molecule has 0 aliphatic heterocycles. The maximum atomic E-state index is 14.0. The third kappa shape index (κ3) is 4.12. The molecule has 3 atom stereocenters. The van der Waals surface area contributed by atoms with Gasteiger partial charge in [0.25, 0.3) is 5.91 Å². The molecule has 0 spiro atoms. The van der Waals surface area contributed by atoms with E-state index in [1.54, 1.807) is 30.3 Å². The van der Waals surface area contributed by atoms with E-state index in [1.165, 1.54) is 6.92 Å². The van der Waals surface area contributed by atoms with Crippen molar-refractivity contribution in [3.05, 3.63) is 64.1 Å². The van der Waals surface area contributed by atoms with E-state index in [4.69, 9.17) is 5.73 Å². The third-order valence-electron chi connectivity index (χ3n) is 7.84. The Bertz CT molecular complexity index is 1540. The number of phenolic OH excluding ortho intramolecular Hbond substituents is 1. The van der Waals surface area contributed by atoms with E-state index in [1.807, 2.05) is 19.0 Å². The molecule has 3 aliphatic rings. The van der Waals surface area contributed by atoms with Crippen LogP contribution in [-0.4, -0.2) is 52.8 Å². The molecule has 0 heterocycles. The molecule has 10 heteroatoms. The number of carbonyl (C=O) groups is 4. The SMILES string of the molecule is CC(=O)Nc1cccc(-c2cc(N(C)C)c3c(c2O)C(=O)C2=C(O)C4C(=O)C(C(N)=O)=C(O)CC4CC2C3)c1. The van der Waals surface area contributed by atoms with Gasteiger partial charge in [0.15, 0.2) is 11.6 Å². The van der Waals surface area contributed by atoms with Gasteiger partial charge in [0, 0.05) is 50.0 Å². The number of allylic oxidation sites excluding steroid dienone is 3. The Morgan fingerprint density at radius 3 is 2.44 bits per heavy atom. The zero-order valence-electron chi connectivity index (χ0n) is 21.7. The molecule has 6 N–H and O–H groups in total. The molecule has 5 rings (SSSR count). The van der Waals surface area contributed by atoms with Crippen molar-refractivity contribution in [2.75, 3.05) is 24.3 Å². The summed E-state index contributed by atoms with van der Waals surface area (Å²) in [5.41, 5.74) is 7.59. The minimum absolute atomic E-state index is 0.0149. The van der Waals surface area contributed by atoms with Gasteiger partial charge in [-0.2, -0.15) is 0 Å². The van der Waals surface area contributed by atoms with Crippen LogP contribution in [-0.2, 0) is 20.8 Å². The molecule has 0 fully saturated rings. The Morgan fingerprint density at radius 2 is 1.79 bits per heavy atom. The number of hydrogen-bond acceptors (Lipinski definition) is 8. The maximum absolute atomic E-state index is 14.0. The molecule has 3 unspecified atom stereocenters. The van der Waals surface area contributed by atoms with Gasteiger partial charge >= 0.3 is 0 Å². The van der Waals surface area contributed by atoms with Gasteiger partial charge < -0.3 is 31.3 Å². The lowest BCUT2D eigenvalue weighted by Crippen LogP contribution is -2.43. The van der Waals surface area contributed by atoms with Gasteiger partial charge in [0.05, 0.1) is 11.5 Å². The monoisotopic (exact) mass is 531 g/mol. The van der Waals surface area contributed by atoms with Gasteiger partial charge in [-0.3, -0.25) is 19.2 Å². The van der Waals surface area contributed by atoms with Gasteiger partial charge in [-0.1, -0.05) is 12.1 Å². The first-order valence-electron chi connectivity index (χ1n) is 12.6. The first-order valence-corrected chi connectivity index (χ1v) is 12.6. The van der Waals surface area contributed by atoms with Crippen molar-refractivity contribution in [2.24, 2.45) is 23.5 Å². The van der Waals surface area contributed by atoms with Crippen LogP contribution in [0.15, 0.2) is 53.0 Å². The minimum atomic E-state index is -1.17. The number of nitrogens with two attached hydrogens (primary N) is 1. The number of ketones is 2. The molecule has 3 aliphatic carbocycles. The summed E-state index contributed by atoms with van der Waals surface area (Å²) in [6, 6.07) is 8.64. The van der Waals surface area contributed by atoms with E-state index in [9.17, 15) is 34.5 Å². The molecule has 0 radical (unpaired) electrons. The molecule has 0 aromatic heterocycles. The quantitative estimate of drug-likeness (QED) is 0.375. The second-order valence-corrected chi connectivity index (χ2v) is 10.6. The Balaban J connectivity index is 1.67. The zero-order chi connectivity index (χ0) is 28.3. The fraction of sp³-hybridized carbons (Fsp3) is 0.310. The van der Waals surface area contributed by atoms with E-state index < -0.39 is 52.3 Å². The number of anilines is 2. The number of aliphatic hydroxyl groups excluding tert-OH is 2. The maximum Gasteiger partial charge on any atom is 0.255 e. The number of rotatable bonds is 4. The fourth-order valence-electron chi connectivity index (χ4n) is 6.27. The molecular weight excluding hydrogens is 502 g/mol. The highest BCUT2D eigenvalue weighted by atomic mass is 16.3. The fourth-order valence-corrected chi connectivity index (χ4v) is 6.27. The van der Waals surface area contributed by atoms with Gasteiger partial charge in [0.2, 0.25) is 5.91 Å². The summed E-state index contributed by atoms with van der Waals surface area (Å²) in [5.74, 6) is -5.97. The van der Waals surface area contributed by atoms with Crippen molar-refractivity contribution in [2.45, 2.75) is 26.2 Å². The summed E-state index contributed by atoms with van der Waals surface area (Å²) in [7, 11) is 3.64. The van der Waals surface area contributed by atoms with E-state index in [2.05, 4.69) is 5.32 Å². The van der Waals surface area contributed by atoms with Crippen LogP contribution in [0, 0.1) is 17.8 Å². The van der Waals surface area contributed by atoms with Crippen molar-refractivity contribution < 1.29 is 34.5 Å². The average molecular weight is 532 g/mol. The van der Waals surface area contributed by atoms with Gasteiger partial charge in [-0.25, -0.2) is 0 Å². The second-order valence-electron chi connectivity index (χ2n) is 10.6. The van der Waals surface area contributed by atoms with E-state index in [0.29, 0.717) is 40.9 Å². The lowest BCUT2D eigenvalue weighted by atomic mass is 9.62. The number of fused-ring (bicyclic) bond motifs is 3. The van der Waals surface area contributed by atoms with Crippen molar-refractivity contribution in [1.82, 2.24) is 0 Å². The number of benzene rings is 2. The van der Waals surface area contributed by atoms with Crippen LogP contribution >= 0.6 is 0 Å². The van der Waals surface area contributed by atoms with Crippen LogP contribution < -0.4 is 16.0 Å². The van der Waals surface area contributed by atoms with Crippen LogP contribution in [0.3, 0.4) is 0 Å². The molecule has 39 heavy (non-hydrogen) atoms. The largest absolute Gasteiger partial charge is 0.511 e. The highest BCUT2D eigenvalue weighted by Crippen LogP contribution is 2.52. The number of Topliss-reactive ketones (excluding diaryl/α,β-unsaturated/α-hetero) is 2. The molecule has 0 saturated carbocycles. The summed E-state index contributed by atoms with van der Waals surface area (Å²) < 4.78 is 0. The standard InChI is InChI=1S/C29H29N3O7/c1-12(33)31-16-6-4-5-13(8-16)17-11-19(32(2)3)18-9-14-7-15-10-20(34)24(29(30)39)28(38)22(15)26(36)21(14)27(37)23(18)25(17)35/h4-6,8,11,14-15,22,34-36H,7,9-10H2,1-3H3,(H2,30,39)(H,31,33). The van der Waals surface area contributed by atoms with Gasteiger partial charge in [0.1, 0.15) is 22.8 Å². The van der Waals surface area contributed by atoms with Crippen LogP contribution in [0.5, 0.6) is 5.75 Å². The molecule has 2 aromatic carbocycles. The number of nitrogens with zero attached hydrogens (tertiary/aromatic N) is 1.